The van der Waals surface area contributed by atoms with Crippen molar-refractivity contribution in [3.8, 4) is 0 Å². The fraction of sp³-hybridized carbons (Fsp3) is 0.529. The van der Waals surface area contributed by atoms with E-state index in [0.717, 1.165) is 12.8 Å². The van der Waals surface area contributed by atoms with Crippen molar-refractivity contribution in [2.45, 2.75) is 58.5 Å². The second-order valence-corrected chi connectivity index (χ2v) is 5.09. The third-order valence-corrected chi connectivity index (χ3v) is 3.17. The normalized spacial score (nSPS) is 10.0. The van der Waals surface area contributed by atoms with E-state index in [1.165, 1.54) is 49.9 Å². The highest BCUT2D eigenvalue weighted by Crippen LogP contribution is 2.08. The Morgan fingerprint density at radius 3 is 1.55 bits per heavy atom. The van der Waals surface area contributed by atoms with Crippen molar-refractivity contribution in [2.75, 3.05) is 0 Å². The molecular weight excluding hydrogens is 284 g/mol. The summed E-state index contributed by atoms with van der Waals surface area (Å²) in [5, 5.41) is 26.4. The van der Waals surface area contributed by atoms with E-state index < -0.39 is 11.9 Å². The second-order valence-electron chi connectivity index (χ2n) is 5.09. The Morgan fingerprint density at radius 1 is 0.909 bits per heavy atom. The number of carboxylic acid groups (broad SMARTS) is 2. The van der Waals surface area contributed by atoms with Crippen LogP contribution in [0.5, 0.6) is 0 Å². The Labute approximate surface area is 131 Å². The van der Waals surface area contributed by atoms with E-state index in [1.54, 1.807) is 0 Å². The maximum atomic E-state index is 10.5. The summed E-state index contributed by atoms with van der Waals surface area (Å²) >= 11 is 0. The molecule has 0 radical (unpaired) electrons. The first-order chi connectivity index (χ1) is 10.4. The van der Waals surface area contributed by atoms with Gasteiger partial charge in [0.1, 0.15) is 0 Å². The molecule has 0 aliphatic heterocycles. The summed E-state index contributed by atoms with van der Waals surface area (Å²) in [6, 6.07) is 5.48. The minimum Gasteiger partial charge on any atom is -0.478 e. The molecule has 0 saturated heterocycles. The zero-order chi connectivity index (χ0) is 17.0. The van der Waals surface area contributed by atoms with E-state index in [4.69, 9.17) is 10.2 Å². The first-order valence-electron chi connectivity index (χ1n) is 7.67. The van der Waals surface area contributed by atoms with E-state index in [0.29, 0.717) is 0 Å². The molecule has 1 aromatic carbocycles. The van der Waals surface area contributed by atoms with E-state index in [1.807, 2.05) is 0 Å². The molecule has 0 atom stereocenters. The van der Waals surface area contributed by atoms with E-state index >= 15 is 0 Å². The van der Waals surface area contributed by atoms with Gasteiger partial charge in [0.2, 0.25) is 0 Å². The van der Waals surface area contributed by atoms with Crippen molar-refractivity contribution in [2.24, 2.45) is 0 Å². The van der Waals surface area contributed by atoms with Gasteiger partial charge in [-0.25, -0.2) is 9.59 Å². The van der Waals surface area contributed by atoms with Crippen LogP contribution in [0.4, 0.5) is 0 Å². The third kappa shape index (κ3) is 8.42. The van der Waals surface area contributed by atoms with Crippen molar-refractivity contribution in [3.05, 3.63) is 35.4 Å². The summed E-state index contributed by atoms with van der Waals surface area (Å²) in [5.74, 6) is -2.46. The topological polar surface area (TPSA) is 94.8 Å². The standard InChI is InChI=1S/C9H20O.C8H6O4/c1-3-5-7-9(10)8-6-4-2;9-7(10)5-3-1-2-4-6(5)8(11)12/h9-10H,3-8H2,1-2H3;1-4H,(H,9,10)(H,11,12). The van der Waals surface area contributed by atoms with E-state index in [9.17, 15) is 14.7 Å². The van der Waals surface area contributed by atoms with Gasteiger partial charge in [0.05, 0.1) is 17.2 Å². The number of unbranched alkanes of at least 4 members (excludes halogenated alkanes) is 2. The van der Waals surface area contributed by atoms with Crippen LogP contribution in [0.1, 0.15) is 73.1 Å². The predicted octanol–water partition coefficient (Wildman–Crippen LogP) is 3.81. The van der Waals surface area contributed by atoms with Gasteiger partial charge in [-0.2, -0.15) is 0 Å². The third-order valence-electron chi connectivity index (χ3n) is 3.17. The molecule has 5 heteroatoms. The predicted molar refractivity (Wildman–Crippen MR) is 85.4 cm³/mol. The lowest BCUT2D eigenvalue weighted by atomic mass is 10.1. The molecule has 0 heterocycles. The minimum atomic E-state index is -1.23. The fourth-order valence-corrected chi connectivity index (χ4v) is 1.88. The number of hydrogen-bond acceptors (Lipinski definition) is 3. The molecule has 0 fully saturated rings. The molecule has 3 N–H and O–H groups in total. The van der Waals surface area contributed by atoms with Crippen molar-refractivity contribution >= 4 is 11.9 Å². The Bertz CT molecular complexity index is 415. The molecule has 0 spiro atoms. The Morgan fingerprint density at radius 2 is 1.27 bits per heavy atom. The molecular formula is C17H26O5. The second kappa shape index (κ2) is 11.7. The lowest BCUT2D eigenvalue weighted by Crippen LogP contribution is -2.06. The zero-order valence-electron chi connectivity index (χ0n) is 13.3. The molecule has 0 aromatic heterocycles. The summed E-state index contributed by atoms with van der Waals surface area (Å²) in [7, 11) is 0. The Kier molecular flexibility index (Phi) is 10.7. The van der Waals surface area contributed by atoms with Gasteiger partial charge in [-0.15, -0.1) is 0 Å². The largest absolute Gasteiger partial charge is 0.478 e. The van der Waals surface area contributed by atoms with Crippen molar-refractivity contribution in [1.29, 1.82) is 0 Å². The smallest absolute Gasteiger partial charge is 0.336 e. The Hall–Kier alpha value is -1.88. The van der Waals surface area contributed by atoms with Crippen molar-refractivity contribution in [3.63, 3.8) is 0 Å². The molecule has 22 heavy (non-hydrogen) atoms. The van der Waals surface area contributed by atoms with Crippen LogP contribution in [0.2, 0.25) is 0 Å². The van der Waals surface area contributed by atoms with Gasteiger partial charge in [0.15, 0.2) is 0 Å². The quantitative estimate of drug-likeness (QED) is 0.678. The van der Waals surface area contributed by atoms with Crippen LogP contribution in [0.15, 0.2) is 24.3 Å². The number of aliphatic hydroxyl groups excluding tert-OH is 1. The molecule has 124 valence electrons. The molecule has 1 rings (SSSR count). The molecule has 1 aromatic rings. The van der Waals surface area contributed by atoms with Crippen LogP contribution in [0.3, 0.4) is 0 Å². The monoisotopic (exact) mass is 310 g/mol. The molecule has 0 aliphatic rings. The lowest BCUT2D eigenvalue weighted by molar-refractivity contribution is 0.0651. The fourth-order valence-electron chi connectivity index (χ4n) is 1.88. The summed E-state index contributed by atoms with van der Waals surface area (Å²) in [6.07, 6.45) is 6.70. The first-order valence-corrected chi connectivity index (χ1v) is 7.67. The van der Waals surface area contributed by atoms with Gasteiger partial charge in [0, 0.05) is 0 Å². The SMILES string of the molecule is CCCCC(O)CCCC.O=C(O)c1ccccc1C(=O)O. The summed E-state index contributed by atoms with van der Waals surface area (Å²) in [6.45, 7) is 4.32. The molecule has 0 unspecified atom stereocenters. The van der Waals surface area contributed by atoms with Gasteiger partial charge in [0.25, 0.3) is 0 Å². The van der Waals surface area contributed by atoms with Gasteiger partial charge in [-0.1, -0.05) is 51.7 Å². The van der Waals surface area contributed by atoms with Crippen LogP contribution >= 0.6 is 0 Å². The van der Waals surface area contributed by atoms with Crippen LogP contribution in [-0.4, -0.2) is 33.4 Å². The van der Waals surface area contributed by atoms with Crippen LogP contribution in [0, 0.1) is 0 Å². The highest BCUT2D eigenvalue weighted by Gasteiger charge is 2.13. The van der Waals surface area contributed by atoms with Gasteiger partial charge < -0.3 is 15.3 Å². The first kappa shape index (κ1) is 20.1. The number of hydrogen-bond donors (Lipinski definition) is 3. The van der Waals surface area contributed by atoms with E-state index in [-0.39, 0.29) is 17.2 Å². The molecule has 0 amide bonds. The highest BCUT2D eigenvalue weighted by molar-refractivity contribution is 6.01. The maximum Gasteiger partial charge on any atom is 0.336 e. The molecule has 5 nitrogen and oxygen atoms in total. The number of aromatic carboxylic acids is 2. The van der Waals surface area contributed by atoms with Crippen molar-refractivity contribution in [1.82, 2.24) is 0 Å². The summed E-state index contributed by atoms with van der Waals surface area (Å²) in [5.41, 5.74) is -0.380. The van der Waals surface area contributed by atoms with Crippen LogP contribution in [-0.2, 0) is 0 Å². The lowest BCUT2D eigenvalue weighted by Gasteiger charge is -2.07. The number of aliphatic hydroxyl groups is 1. The van der Waals surface area contributed by atoms with Crippen LogP contribution in [0.25, 0.3) is 0 Å². The number of carboxylic acids is 2. The summed E-state index contributed by atoms with van der Waals surface area (Å²) in [4.78, 5) is 20.9. The van der Waals surface area contributed by atoms with Gasteiger partial charge in [-0.05, 0) is 25.0 Å². The average Bonchev–Trinajstić information content (AvgIpc) is 2.51. The Balaban J connectivity index is 0.000000409. The minimum absolute atomic E-state index is 0.0279. The number of benzene rings is 1. The summed E-state index contributed by atoms with van der Waals surface area (Å²) < 4.78 is 0. The highest BCUT2D eigenvalue weighted by atomic mass is 16.4. The zero-order valence-corrected chi connectivity index (χ0v) is 13.3. The maximum absolute atomic E-state index is 10.5. The van der Waals surface area contributed by atoms with Crippen LogP contribution < -0.4 is 0 Å². The number of carbonyl (C=O) groups is 2. The van der Waals surface area contributed by atoms with Crippen molar-refractivity contribution < 1.29 is 24.9 Å². The van der Waals surface area contributed by atoms with Gasteiger partial charge >= 0.3 is 11.9 Å². The number of rotatable bonds is 8. The van der Waals surface area contributed by atoms with Gasteiger partial charge in [-0.3, -0.25) is 0 Å². The molecule has 0 saturated carbocycles. The molecule has 0 bridgehead atoms. The van der Waals surface area contributed by atoms with E-state index in [2.05, 4.69) is 13.8 Å². The molecule has 0 aliphatic carbocycles. The average molecular weight is 310 g/mol.